The van der Waals surface area contributed by atoms with Crippen molar-refractivity contribution in [1.29, 1.82) is 0 Å². The molecule has 0 aromatic heterocycles. The van der Waals surface area contributed by atoms with Crippen molar-refractivity contribution in [2.75, 3.05) is 19.8 Å². The first-order valence-electron chi connectivity index (χ1n) is 32.3. The first-order chi connectivity index (χ1) is 36.3. The number of hydrogen-bond donors (Lipinski definition) is 2. The zero-order chi connectivity index (χ0) is 54.3. The van der Waals surface area contributed by atoms with Gasteiger partial charge in [0.05, 0.1) is 13.2 Å². The molecule has 0 radical (unpaired) electrons. The Hall–Kier alpha value is -0.000260. The quantitative estimate of drug-likeness (QED) is 0.0152. The van der Waals surface area contributed by atoms with Crippen LogP contribution >= 0.6 is 0 Å². The molecule has 0 amide bonds. The molecule has 0 saturated heterocycles. The first kappa shape index (κ1) is 82.5. The summed E-state index contributed by atoms with van der Waals surface area (Å²) in [6.07, 6.45) is 67.6. The van der Waals surface area contributed by atoms with E-state index in [0.717, 1.165) is 57.1 Å². The van der Waals surface area contributed by atoms with Gasteiger partial charge in [0.25, 0.3) is 0 Å². The second kappa shape index (κ2) is 73.0. The van der Waals surface area contributed by atoms with Gasteiger partial charge in [0.1, 0.15) is 12.7 Å². The molecule has 0 rings (SSSR count). The van der Waals surface area contributed by atoms with Crippen molar-refractivity contribution < 1.29 is 43.6 Å². The van der Waals surface area contributed by atoms with E-state index in [1.807, 2.05) is 0 Å². The van der Waals surface area contributed by atoms with Crippen molar-refractivity contribution in [1.82, 2.24) is 0 Å². The van der Waals surface area contributed by atoms with E-state index in [9.17, 15) is 19.2 Å². The van der Waals surface area contributed by atoms with Crippen LogP contribution in [0.2, 0.25) is 0 Å². The predicted molar refractivity (Wildman–Crippen MR) is 328 cm³/mol. The van der Waals surface area contributed by atoms with Crippen LogP contribution in [0.5, 0.6) is 0 Å². The Kier molecular flexibility index (Phi) is 79.2. The fourth-order valence-electron chi connectivity index (χ4n) is 9.50. The van der Waals surface area contributed by atoms with Crippen molar-refractivity contribution >= 4 is 91.2 Å². The minimum atomic E-state index is -1.11. The molecular weight excluding hydrogens is 988 g/mol. The number of ether oxygens (including phenoxy) is 3. The average Bonchev–Trinajstić information content (AvgIpc) is 3.40. The summed E-state index contributed by atoms with van der Waals surface area (Å²) in [5.41, 5.74) is 0. The van der Waals surface area contributed by atoms with Gasteiger partial charge in [-0.2, -0.15) is 0 Å². The zero-order valence-corrected chi connectivity index (χ0v) is 49.4. The third-order valence-corrected chi connectivity index (χ3v) is 14.4. The summed E-state index contributed by atoms with van der Waals surface area (Å²) < 4.78 is 14.7. The fourth-order valence-corrected chi connectivity index (χ4v) is 9.50. The summed E-state index contributed by atoms with van der Waals surface area (Å²) in [5.74, 6) is -1.98. The molecule has 1 unspecified atom stereocenters. The van der Waals surface area contributed by atoms with E-state index in [0.29, 0.717) is 19.4 Å². The molecular formula is C65H127CaNaO9. The number of hydrogen-bond acceptors (Lipinski definition) is 9. The monoisotopic (exact) mass is 1110 g/mol. The van der Waals surface area contributed by atoms with Crippen LogP contribution in [0.3, 0.4) is 0 Å². The number of carbonyl (C=O) groups excluding carboxylic acids is 4. The molecule has 0 bridgehead atoms. The van der Waals surface area contributed by atoms with Gasteiger partial charge in [0.15, 0.2) is 0 Å². The molecule has 1 atom stereocenters. The Morgan fingerprint density at radius 1 is 0.342 bits per heavy atom. The number of aliphatic hydroxyl groups is 2. The van der Waals surface area contributed by atoms with Crippen LogP contribution in [0, 0.1) is 0 Å². The molecule has 76 heavy (non-hydrogen) atoms. The molecule has 0 heterocycles. The van der Waals surface area contributed by atoms with E-state index in [4.69, 9.17) is 19.7 Å². The van der Waals surface area contributed by atoms with Gasteiger partial charge >= 0.3 is 91.2 Å². The number of unbranched alkanes of at least 4 members (excludes halogenated alkanes) is 47. The predicted octanol–water partition coefficient (Wildman–Crippen LogP) is 17.8. The third-order valence-electron chi connectivity index (χ3n) is 14.4. The van der Waals surface area contributed by atoms with Gasteiger partial charge in [-0.3, -0.25) is 9.59 Å². The van der Waals surface area contributed by atoms with E-state index in [2.05, 4.69) is 25.5 Å². The number of carbonyl (C=O) groups is 4. The van der Waals surface area contributed by atoms with Crippen molar-refractivity contribution in [3.63, 3.8) is 0 Å². The molecule has 444 valence electrons. The summed E-state index contributed by atoms with van der Waals surface area (Å²) >= 11 is 0. The molecule has 0 aromatic rings. The van der Waals surface area contributed by atoms with E-state index >= 15 is 0 Å². The Labute approximate surface area is 523 Å². The van der Waals surface area contributed by atoms with Gasteiger partial charge in [0, 0.05) is 25.0 Å². The van der Waals surface area contributed by atoms with Crippen molar-refractivity contribution in [3.05, 3.63) is 12.2 Å². The first-order valence-corrected chi connectivity index (χ1v) is 32.3. The second-order valence-corrected chi connectivity index (χ2v) is 21.9. The van der Waals surface area contributed by atoms with Gasteiger partial charge in [-0.25, -0.2) is 9.59 Å². The van der Waals surface area contributed by atoms with Gasteiger partial charge in [-0.15, -0.1) is 0 Å². The SMILES string of the molecule is CCCCCCCCCCCCCCCCCCCCCC(=O)OC(=O)CCCCCCCCCCCCCCCCC.CCCCCCCCCCCCCCCCCCOC(=O)/C=C/C(=O)OCC(O)CO.[CaH2].[NaH]. The molecule has 0 aliphatic carbocycles. The van der Waals surface area contributed by atoms with Crippen LogP contribution in [-0.2, 0) is 33.4 Å². The molecule has 9 nitrogen and oxygen atoms in total. The number of aliphatic hydroxyl groups excluding tert-OH is 2. The number of esters is 4. The van der Waals surface area contributed by atoms with E-state index < -0.39 is 24.6 Å². The Balaban J connectivity index is -0.000000698. The zero-order valence-electron chi connectivity index (χ0n) is 49.4. The Morgan fingerprint density at radius 3 is 0.789 bits per heavy atom. The van der Waals surface area contributed by atoms with Crippen molar-refractivity contribution in [2.24, 2.45) is 0 Å². The van der Waals surface area contributed by atoms with E-state index in [1.54, 1.807) is 0 Å². The van der Waals surface area contributed by atoms with Gasteiger partial charge < -0.3 is 24.4 Å². The molecule has 0 aliphatic heterocycles. The van der Waals surface area contributed by atoms with Crippen LogP contribution in [0.25, 0.3) is 0 Å². The van der Waals surface area contributed by atoms with Crippen molar-refractivity contribution in [2.45, 2.75) is 361 Å². The van der Waals surface area contributed by atoms with Crippen LogP contribution in [0.1, 0.15) is 355 Å². The fraction of sp³-hybridized carbons (Fsp3) is 0.908. The Morgan fingerprint density at radius 2 is 0.553 bits per heavy atom. The Bertz CT molecular complexity index is 1200. The summed E-state index contributed by atoms with van der Waals surface area (Å²) in [4.78, 5) is 46.7. The van der Waals surface area contributed by atoms with Crippen molar-refractivity contribution in [3.8, 4) is 0 Å². The summed E-state index contributed by atoms with van der Waals surface area (Å²) in [7, 11) is 0. The summed E-state index contributed by atoms with van der Waals surface area (Å²) in [5, 5.41) is 17.7. The second-order valence-electron chi connectivity index (χ2n) is 21.9. The van der Waals surface area contributed by atoms with Crippen LogP contribution in [-0.4, -0.2) is 127 Å². The van der Waals surface area contributed by atoms with E-state index in [1.165, 1.54) is 276 Å². The number of rotatable bonds is 58. The normalized spacial score (nSPS) is 11.4. The minimum absolute atomic E-state index is 0. The van der Waals surface area contributed by atoms with Gasteiger partial charge in [-0.1, -0.05) is 323 Å². The van der Waals surface area contributed by atoms with Gasteiger partial charge in [0.2, 0.25) is 0 Å². The molecule has 0 spiro atoms. The molecule has 0 fully saturated rings. The van der Waals surface area contributed by atoms with Gasteiger partial charge in [-0.05, 0) is 19.3 Å². The topological polar surface area (TPSA) is 136 Å². The molecule has 0 aromatic carbocycles. The molecule has 2 N–H and O–H groups in total. The third kappa shape index (κ3) is 74.0. The molecule has 0 aliphatic rings. The molecule has 0 saturated carbocycles. The standard InChI is InChI=1S/C40H78O3.C25H46O6.Ca.Na.3H/c1-3-5-7-9-11-13-15-17-19-20-21-22-24-26-28-30-32-34-36-38-40(42)43-39(41)37-35-33-31-29-27-25-23-18-16-14-12-10-8-6-4-2;1-2-3-4-5-6-7-8-9-10-11-12-13-14-15-16-17-20-30-24(28)18-19-25(29)31-22-23(27)21-26;;;;;/h3-38H2,1-2H3;18-19,23,26-27H,2-17,20-22H2,1H3;;;;;/b;19-18+;;;;;. The maximum absolute atomic E-state index is 12.0. The average molecular weight is 1120 g/mol. The van der Waals surface area contributed by atoms with Crippen LogP contribution in [0.4, 0.5) is 0 Å². The van der Waals surface area contributed by atoms with Crippen LogP contribution < -0.4 is 0 Å². The van der Waals surface area contributed by atoms with Crippen LogP contribution in [0.15, 0.2) is 12.2 Å². The summed E-state index contributed by atoms with van der Waals surface area (Å²) in [6, 6.07) is 0. The summed E-state index contributed by atoms with van der Waals surface area (Å²) in [6.45, 7) is 6.38. The maximum atomic E-state index is 12.0. The van der Waals surface area contributed by atoms with E-state index in [-0.39, 0.29) is 85.8 Å². The molecule has 11 heteroatoms.